The Morgan fingerprint density at radius 2 is 1.74 bits per heavy atom. The van der Waals surface area contributed by atoms with Gasteiger partial charge in [0, 0.05) is 19.0 Å². The second-order valence-electron chi connectivity index (χ2n) is 5.57. The molecule has 0 aliphatic rings. The molecule has 0 spiro atoms. The van der Waals surface area contributed by atoms with E-state index in [1.165, 1.54) is 0 Å². The number of aliphatic hydroxyl groups is 2. The molecular formula is C16H27NO2. The van der Waals surface area contributed by atoms with Crippen LogP contribution in [0.2, 0.25) is 0 Å². The second kappa shape index (κ2) is 9.08. The van der Waals surface area contributed by atoms with Crippen LogP contribution in [0, 0.1) is 5.92 Å². The smallest absolute Gasteiger partial charge is 0.0664 e. The third kappa shape index (κ3) is 6.71. The van der Waals surface area contributed by atoms with E-state index in [-0.39, 0.29) is 18.6 Å². The maximum atomic E-state index is 9.83. The molecule has 2 unspecified atom stereocenters. The molecule has 0 saturated carbocycles. The lowest BCUT2D eigenvalue weighted by molar-refractivity contribution is 0.151. The van der Waals surface area contributed by atoms with Gasteiger partial charge in [-0.2, -0.15) is 0 Å². The molecule has 1 aromatic carbocycles. The lowest BCUT2D eigenvalue weighted by atomic mass is 10.00. The van der Waals surface area contributed by atoms with Crippen molar-refractivity contribution in [3.05, 3.63) is 35.9 Å². The first-order valence-corrected chi connectivity index (χ1v) is 7.18. The van der Waals surface area contributed by atoms with Gasteiger partial charge < -0.3 is 15.5 Å². The van der Waals surface area contributed by atoms with Gasteiger partial charge in [-0.25, -0.2) is 0 Å². The summed E-state index contributed by atoms with van der Waals surface area (Å²) in [5.41, 5.74) is 1.13. The Morgan fingerprint density at radius 3 is 2.32 bits per heavy atom. The maximum absolute atomic E-state index is 9.83. The van der Waals surface area contributed by atoms with Gasteiger partial charge in [-0.05, 0) is 24.3 Å². The normalized spacial score (nSPS) is 14.6. The molecule has 0 radical (unpaired) electrons. The molecule has 0 aliphatic heterocycles. The molecule has 0 heterocycles. The van der Waals surface area contributed by atoms with Crippen LogP contribution in [0.5, 0.6) is 0 Å². The first-order chi connectivity index (χ1) is 9.13. The summed E-state index contributed by atoms with van der Waals surface area (Å²) in [6.45, 7) is 5.74. The third-order valence-electron chi connectivity index (χ3n) is 3.34. The summed E-state index contributed by atoms with van der Waals surface area (Å²) in [5.74, 6) is 0.725. The van der Waals surface area contributed by atoms with Crippen LogP contribution in [0.1, 0.15) is 38.2 Å². The minimum absolute atomic E-state index is 0.0958. The van der Waals surface area contributed by atoms with Gasteiger partial charge in [-0.15, -0.1) is 0 Å². The fraction of sp³-hybridized carbons (Fsp3) is 0.625. The van der Waals surface area contributed by atoms with Crippen LogP contribution in [0.4, 0.5) is 0 Å². The Morgan fingerprint density at radius 1 is 1.05 bits per heavy atom. The zero-order chi connectivity index (χ0) is 14.1. The summed E-state index contributed by atoms with van der Waals surface area (Å²) < 4.78 is 0. The molecule has 19 heavy (non-hydrogen) atoms. The molecular weight excluding hydrogens is 238 g/mol. The molecule has 2 atom stereocenters. The summed E-state index contributed by atoms with van der Waals surface area (Å²) in [6, 6.07) is 9.99. The highest BCUT2D eigenvalue weighted by molar-refractivity contribution is 5.19. The Balaban J connectivity index is 2.27. The molecule has 3 heteroatoms. The minimum atomic E-state index is -0.294. The van der Waals surface area contributed by atoms with E-state index in [4.69, 9.17) is 0 Å². The molecule has 0 saturated heterocycles. The van der Waals surface area contributed by atoms with E-state index in [0.717, 1.165) is 18.4 Å². The predicted octanol–water partition coefficient (Wildman–Crippen LogP) is 2.15. The van der Waals surface area contributed by atoms with Crippen molar-refractivity contribution < 1.29 is 10.2 Å². The quantitative estimate of drug-likeness (QED) is 0.641. The number of nitrogens with one attached hydrogen (secondary N) is 1. The van der Waals surface area contributed by atoms with Gasteiger partial charge in [0.15, 0.2) is 0 Å². The highest BCUT2D eigenvalue weighted by atomic mass is 16.3. The van der Waals surface area contributed by atoms with E-state index in [1.807, 2.05) is 30.3 Å². The van der Waals surface area contributed by atoms with Crippen LogP contribution < -0.4 is 5.32 Å². The average Bonchev–Trinajstić information content (AvgIpc) is 2.42. The first kappa shape index (κ1) is 16.2. The van der Waals surface area contributed by atoms with Crippen LogP contribution in [-0.4, -0.2) is 36.0 Å². The van der Waals surface area contributed by atoms with Crippen molar-refractivity contribution in [1.82, 2.24) is 5.32 Å². The SMILES string of the molecule is CC(C)CCC(O)CNCC(CO)c1ccccc1. The molecule has 108 valence electrons. The zero-order valence-corrected chi connectivity index (χ0v) is 12.0. The number of hydrogen-bond donors (Lipinski definition) is 3. The Labute approximate surface area is 116 Å². The highest BCUT2D eigenvalue weighted by Crippen LogP contribution is 2.13. The van der Waals surface area contributed by atoms with Crippen LogP contribution in [-0.2, 0) is 0 Å². The van der Waals surface area contributed by atoms with Crippen molar-refractivity contribution in [2.75, 3.05) is 19.7 Å². The van der Waals surface area contributed by atoms with Gasteiger partial charge >= 0.3 is 0 Å². The van der Waals surface area contributed by atoms with Crippen molar-refractivity contribution in [3.63, 3.8) is 0 Å². The average molecular weight is 265 g/mol. The van der Waals surface area contributed by atoms with E-state index >= 15 is 0 Å². The molecule has 3 N–H and O–H groups in total. The topological polar surface area (TPSA) is 52.5 Å². The molecule has 0 amide bonds. The second-order valence-corrected chi connectivity index (χ2v) is 5.57. The Bertz CT molecular complexity index is 327. The molecule has 0 aromatic heterocycles. The van der Waals surface area contributed by atoms with E-state index in [2.05, 4.69) is 19.2 Å². The lowest BCUT2D eigenvalue weighted by Gasteiger charge is -2.18. The van der Waals surface area contributed by atoms with Crippen LogP contribution in [0.15, 0.2) is 30.3 Å². The van der Waals surface area contributed by atoms with Crippen molar-refractivity contribution in [3.8, 4) is 0 Å². The van der Waals surface area contributed by atoms with Gasteiger partial charge in [0.1, 0.15) is 0 Å². The van der Waals surface area contributed by atoms with E-state index in [0.29, 0.717) is 19.0 Å². The molecule has 0 bridgehead atoms. The maximum Gasteiger partial charge on any atom is 0.0664 e. The fourth-order valence-electron chi connectivity index (χ4n) is 2.06. The summed E-state index contributed by atoms with van der Waals surface area (Å²) in [7, 11) is 0. The predicted molar refractivity (Wildman–Crippen MR) is 79.2 cm³/mol. The third-order valence-corrected chi connectivity index (χ3v) is 3.34. The molecule has 1 aromatic rings. The summed E-state index contributed by atoms with van der Waals surface area (Å²) >= 11 is 0. The van der Waals surface area contributed by atoms with Gasteiger partial charge in [-0.1, -0.05) is 44.2 Å². The standard InChI is InChI=1S/C16H27NO2/c1-13(2)8-9-16(19)11-17-10-15(12-18)14-6-4-3-5-7-14/h3-7,13,15-19H,8-12H2,1-2H3. The van der Waals surface area contributed by atoms with Gasteiger partial charge in [0.05, 0.1) is 12.7 Å². The highest BCUT2D eigenvalue weighted by Gasteiger charge is 2.11. The van der Waals surface area contributed by atoms with Gasteiger partial charge in [0.25, 0.3) is 0 Å². The van der Waals surface area contributed by atoms with Crippen molar-refractivity contribution in [2.24, 2.45) is 5.92 Å². The van der Waals surface area contributed by atoms with Crippen LogP contribution >= 0.6 is 0 Å². The number of hydrogen-bond acceptors (Lipinski definition) is 3. The van der Waals surface area contributed by atoms with Crippen molar-refractivity contribution in [2.45, 2.75) is 38.7 Å². The number of benzene rings is 1. The van der Waals surface area contributed by atoms with Crippen molar-refractivity contribution >= 4 is 0 Å². The molecule has 1 rings (SSSR count). The molecule has 0 aliphatic carbocycles. The fourth-order valence-corrected chi connectivity index (χ4v) is 2.06. The van der Waals surface area contributed by atoms with E-state index < -0.39 is 0 Å². The van der Waals surface area contributed by atoms with Gasteiger partial charge in [0.2, 0.25) is 0 Å². The molecule has 0 fully saturated rings. The van der Waals surface area contributed by atoms with Crippen molar-refractivity contribution in [1.29, 1.82) is 0 Å². The largest absolute Gasteiger partial charge is 0.396 e. The Hall–Kier alpha value is -0.900. The summed E-state index contributed by atoms with van der Waals surface area (Å²) in [4.78, 5) is 0. The first-order valence-electron chi connectivity index (χ1n) is 7.18. The molecule has 3 nitrogen and oxygen atoms in total. The monoisotopic (exact) mass is 265 g/mol. The van der Waals surface area contributed by atoms with E-state index in [9.17, 15) is 10.2 Å². The summed E-state index contributed by atoms with van der Waals surface area (Å²) in [6.07, 6.45) is 1.59. The lowest BCUT2D eigenvalue weighted by Crippen LogP contribution is -2.31. The zero-order valence-electron chi connectivity index (χ0n) is 12.0. The Kier molecular flexibility index (Phi) is 7.72. The summed E-state index contributed by atoms with van der Waals surface area (Å²) in [5, 5.41) is 22.5. The van der Waals surface area contributed by atoms with Gasteiger partial charge in [-0.3, -0.25) is 0 Å². The van der Waals surface area contributed by atoms with Crippen LogP contribution in [0.25, 0.3) is 0 Å². The number of aliphatic hydroxyl groups excluding tert-OH is 2. The minimum Gasteiger partial charge on any atom is -0.396 e. The van der Waals surface area contributed by atoms with Crippen LogP contribution in [0.3, 0.4) is 0 Å². The number of rotatable bonds is 9. The van der Waals surface area contributed by atoms with E-state index in [1.54, 1.807) is 0 Å².